The molecule has 0 aromatic carbocycles. The molecule has 4 heteroatoms. The van der Waals surface area contributed by atoms with Gasteiger partial charge in [-0.3, -0.25) is 4.79 Å². The second-order valence-corrected chi connectivity index (χ2v) is 3.78. The van der Waals surface area contributed by atoms with Gasteiger partial charge in [0.1, 0.15) is 5.82 Å². The van der Waals surface area contributed by atoms with Gasteiger partial charge < -0.3 is 4.90 Å². The molecule has 13 heavy (non-hydrogen) atoms. The van der Waals surface area contributed by atoms with Crippen LogP contribution in [0.1, 0.15) is 15.9 Å². The predicted octanol–water partition coefficient (Wildman–Crippen LogP) is 2.03. The van der Waals surface area contributed by atoms with E-state index in [2.05, 4.69) is 20.9 Å². The SMILES string of the molecule is Cc1c(C=O)cnc(N(C)C)c1Br. The molecular formula is C9H11BrN2O. The minimum absolute atomic E-state index is 0.623. The van der Waals surface area contributed by atoms with Crippen LogP contribution in [0, 0.1) is 6.92 Å². The lowest BCUT2D eigenvalue weighted by atomic mass is 10.2. The second kappa shape index (κ2) is 3.87. The minimum atomic E-state index is 0.623. The zero-order chi connectivity index (χ0) is 10.0. The summed E-state index contributed by atoms with van der Waals surface area (Å²) in [6.45, 7) is 1.89. The molecule has 0 saturated heterocycles. The van der Waals surface area contributed by atoms with Crippen LogP contribution >= 0.6 is 15.9 Å². The third-order valence-electron chi connectivity index (χ3n) is 1.84. The van der Waals surface area contributed by atoms with Crippen molar-refractivity contribution in [3.8, 4) is 0 Å². The summed E-state index contributed by atoms with van der Waals surface area (Å²) in [6, 6.07) is 0. The molecule has 1 heterocycles. The lowest BCUT2D eigenvalue weighted by molar-refractivity contribution is 0.112. The Labute approximate surface area is 85.9 Å². The van der Waals surface area contributed by atoms with Gasteiger partial charge in [-0.1, -0.05) is 0 Å². The van der Waals surface area contributed by atoms with Crippen LogP contribution in [-0.4, -0.2) is 25.4 Å². The normalized spacial score (nSPS) is 9.85. The summed E-state index contributed by atoms with van der Waals surface area (Å²) in [5.74, 6) is 0.836. The summed E-state index contributed by atoms with van der Waals surface area (Å²) >= 11 is 3.41. The average Bonchev–Trinajstić information content (AvgIpc) is 2.09. The van der Waals surface area contributed by atoms with E-state index in [1.165, 1.54) is 0 Å². The highest BCUT2D eigenvalue weighted by Gasteiger charge is 2.09. The Morgan fingerprint density at radius 3 is 2.62 bits per heavy atom. The van der Waals surface area contributed by atoms with Crippen LogP contribution in [0.25, 0.3) is 0 Å². The van der Waals surface area contributed by atoms with Gasteiger partial charge in [0.05, 0.1) is 4.47 Å². The molecule has 1 rings (SSSR count). The number of carbonyl (C=O) groups excluding carboxylic acids is 1. The number of pyridine rings is 1. The van der Waals surface area contributed by atoms with Crippen LogP contribution in [0.2, 0.25) is 0 Å². The zero-order valence-corrected chi connectivity index (χ0v) is 9.42. The van der Waals surface area contributed by atoms with Crippen molar-refractivity contribution in [1.82, 2.24) is 4.98 Å². The maximum absolute atomic E-state index is 10.6. The monoisotopic (exact) mass is 242 g/mol. The number of aldehydes is 1. The third kappa shape index (κ3) is 1.88. The van der Waals surface area contributed by atoms with Gasteiger partial charge in [0.15, 0.2) is 6.29 Å². The van der Waals surface area contributed by atoms with Gasteiger partial charge >= 0.3 is 0 Å². The van der Waals surface area contributed by atoms with Gasteiger partial charge in [0, 0.05) is 25.9 Å². The van der Waals surface area contributed by atoms with Crippen LogP contribution < -0.4 is 4.90 Å². The van der Waals surface area contributed by atoms with Gasteiger partial charge in [0.25, 0.3) is 0 Å². The van der Waals surface area contributed by atoms with Gasteiger partial charge in [0.2, 0.25) is 0 Å². The highest BCUT2D eigenvalue weighted by atomic mass is 79.9. The maximum Gasteiger partial charge on any atom is 0.151 e. The molecule has 0 saturated carbocycles. The van der Waals surface area contributed by atoms with Crippen molar-refractivity contribution in [3.63, 3.8) is 0 Å². The summed E-state index contributed by atoms with van der Waals surface area (Å²) < 4.78 is 0.877. The van der Waals surface area contributed by atoms with E-state index in [1.807, 2.05) is 25.9 Å². The molecule has 0 aliphatic carbocycles. The quantitative estimate of drug-likeness (QED) is 0.745. The first kappa shape index (κ1) is 10.2. The number of anilines is 1. The lowest BCUT2D eigenvalue weighted by Gasteiger charge is -2.14. The number of rotatable bonds is 2. The first-order valence-corrected chi connectivity index (χ1v) is 4.64. The van der Waals surface area contributed by atoms with Crippen molar-refractivity contribution in [3.05, 3.63) is 21.8 Å². The topological polar surface area (TPSA) is 33.2 Å². The van der Waals surface area contributed by atoms with E-state index in [-0.39, 0.29) is 0 Å². The fraction of sp³-hybridized carbons (Fsp3) is 0.333. The minimum Gasteiger partial charge on any atom is -0.362 e. The van der Waals surface area contributed by atoms with Crippen molar-refractivity contribution in [2.75, 3.05) is 19.0 Å². The second-order valence-electron chi connectivity index (χ2n) is 2.99. The number of carbonyl (C=O) groups is 1. The standard InChI is InChI=1S/C9H11BrN2O/c1-6-7(5-13)4-11-9(8(6)10)12(2)3/h4-5H,1-3H3. The van der Waals surface area contributed by atoms with Crippen LogP contribution in [-0.2, 0) is 0 Å². The molecule has 0 amide bonds. The molecule has 0 bridgehead atoms. The van der Waals surface area contributed by atoms with Gasteiger partial charge in [-0.15, -0.1) is 0 Å². The number of hydrogen-bond donors (Lipinski definition) is 0. The van der Waals surface area contributed by atoms with E-state index in [1.54, 1.807) is 6.20 Å². The molecule has 1 aromatic heterocycles. The van der Waals surface area contributed by atoms with E-state index in [0.29, 0.717) is 5.56 Å². The van der Waals surface area contributed by atoms with Crippen LogP contribution in [0.3, 0.4) is 0 Å². The Bertz CT molecular complexity index is 337. The molecule has 0 aliphatic rings. The van der Waals surface area contributed by atoms with E-state index in [0.717, 1.165) is 22.1 Å². The summed E-state index contributed by atoms with van der Waals surface area (Å²) in [5, 5.41) is 0. The van der Waals surface area contributed by atoms with Crippen molar-refractivity contribution in [2.45, 2.75) is 6.92 Å². The maximum atomic E-state index is 10.6. The molecule has 0 aliphatic heterocycles. The van der Waals surface area contributed by atoms with Crippen molar-refractivity contribution >= 4 is 28.0 Å². The molecule has 3 nitrogen and oxygen atoms in total. The summed E-state index contributed by atoms with van der Waals surface area (Å²) in [4.78, 5) is 16.6. The Balaban J connectivity index is 3.31. The fourth-order valence-electron chi connectivity index (χ4n) is 1.01. The van der Waals surface area contributed by atoms with Gasteiger partial charge in [-0.2, -0.15) is 0 Å². The average molecular weight is 243 g/mol. The molecule has 0 spiro atoms. The van der Waals surface area contributed by atoms with Crippen molar-refractivity contribution < 1.29 is 4.79 Å². The highest BCUT2D eigenvalue weighted by molar-refractivity contribution is 9.10. The summed E-state index contributed by atoms with van der Waals surface area (Å²) in [5.41, 5.74) is 1.55. The van der Waals surface area contributed by atoms with Crippen LogP contribution in [0.5, 0.6) is 0 Å². The Hall–Kier alpha value is -0.900. The number of hydrogen-bond acceptors (Lipinski definition) is 3. The molecule has 0 atom stereocenters. The van der Waals surface area contributed by atoms with E-state index in [9.17, 15) is 4.79 Å². The largest absolute Gasteiger partial charge is 0.362 e. The lowest BCUT2D eigenvalue weighted by Crippen LogP contribution is -2.12. The van der Waals surface area contributed by atoms with E-state index >= 15 is 0 Å². The van der Waals surface area contributed by atoms with Crippen molar-refractivity contribution in [1.29, 1.82) is 0 Å². The van der Waals surface area contributed by atoms with Crippen molar-refractivity contribution in [2.24, 2.45) is 0 Å². The van der Waals surface area contributed by atoms with E-state index in [4.69, 9.17) is 0 Å². The molecule has 0 N–H and O–H groups in total. The molecule has 70 valence electrons. The van der Waals surface area contributed by atoms with Crippen LogP contribution in [0.15, 0.2) is 10.7 Å². The predicted molar refractivity (Wildman–Crippen MR) is 56.4 cm³/mol. The molecule has 0 fully saturated rings. The Morgan fingerprint density at radius 1 is 1.54 bits per heavy atom. The highest BCUT2D eigenvalue weighted by Crippen LogP contribution is 2.27. The fourth-order valence-corrected chi connectivity index (χ4v) is 1.70. The summed E-state index contributed by atoms with van der Waals surface area (Å²) in [7, 11) is 3.82. The molecule has 1 aromatic rings. The zero-order valence-electron chi connectivity index (χ0n) is 7.84. The number of aromatic nitrogens is 1. The molecule has 0 unspecified atom stereocenters. The van der Waals surface area contributed by atoms with Gasteiger partial charge in [-0.25, -0.2) is 4.98 Å². The van der Waals surface area contributed by atoms with E-state index < -0.39 is 0 Å². The Morgan fingerprint density at radius 2 is 2.15 bits per heavy atom. The smallest absolute Gasteiger partial charge is 0.151 e. The summed E-state index contributed by atoms with van der Waals surface area (Å²) in [6.07, 6.45) is 2.40. The van der Waals surface area contributed by atoms with Gasteiger partial charge in [-0.05, 0) is 28.4 Å². The molecular weight excluding hydrogens is 232 g/mol. The Kier molecular flexibility index (Phi) is 3.03. The first-order valence-electron chi connectivity index (χ1n) is 3.85. The molecule has 0 radical (unpaired) electrons. The first-order chi connectivity index (χ1) is 6.07. The number of halogens is 1. The van der Waals surface area contributed by atoms with Crippen LogP contribution in [0.4, 0.5) is 5.82 Å². The third-order valence-corrected chi connectivity index (χ3v) is 2.78. The number of nitrogens with zero attached hydrogens (tertiary/aromatic N) is 2.